The first-order valence-electron chi connectivity index (χ1n) is 11.0. The largest absolute Gasteiger partial charge is 0.376 e. The van der Waals surface area contributed by atoms with Crippen LogP contribution >= 0.6 is 0 Å². The highest BCUT2D eigenvalue weighted by Crippen LogP contribution is 2.25. The van der Waals surface area contributed by atoms with Crippen molar-refractivity contribution in [3.63, 3.8) is 0 Å². The summed E-state index contributed by atoms with van der Waals surface area (Å²) in [6.45, 7) is 2.70. The summed E-state index contributed by atoms with van der Waals surface area (Å²) in [7, 11) is 4.01. The molecule has 5 rings (SSSR count). The Kier molecular flexibility index (Phi) is 5.42. The molecule has 0 unspecified atom stereocenters. The Balaban J connectivity index is 1.26. The van der Waals surface area contributed by atoms with Gasteiger partial charge in [0, 0.05) is 43.6 Å². The highest BCUT2D eigenvalue weighted by atomic mass is 15.4. The van der Waals surface area contributed by atoms with E-state index < -0.39 is 0 Å². The maximum absolute atomic E-state index is 4.35. The summed E-state index contributed by atoms with van der Waals surface area (Å²) in [4.78, 5) is 9.91. The lowest BCUT2D eigenvalue weighted by Crippen LogP contribution is -2.26. The fourth-order valence-corrected chi connectivity index (χ4v) is 4.04. The average Bonchev–Trinajstić information content (AvgIpc) is 3.36. The van der Waals surface area contributed by atoms with Gasteiger partial charge in [0.25, 0.3) is 0 Å². The summed E-state index contributed by atoms with van der Waals surface area (Å²) in [6.07, 6.45) is 9.80. The van der Waals surface area contributed by atoms with Crippen LogP contribution in [0.25, 0.3) is 22.2 Å². The number of hydrogen-bond acceptors (Lipinski definition) is 5. The number of fused-ring (bicyclic) bond motifs is 1. The summed E-state index contributed by atoms with van der Waals surface area (Å²) < 4.78 is 1.88. The van der Waals surface area contributed by atoms with E-state index in [4.69, 9.17) is 0 Å². The first-order chi connectivity index (χ1) is 15.1. The fraction of sp³-hybridized carbons (Fsp3) is 0.375. The molecule has 1 fully saturated rings. The number of nitrogens with zero attached hydrogens (tertiary/aromatic N) is 5. The molecule has 1 aliphatic rings. The van der Waals surface area contributed by atoms with Crippen LogP contribution in [0.1, 0.15) is 30.5 Å². The third-order valence-corrected chi connectivity index (χ3v) is 6.14. The van der Waals surface area contributed by atoms with Crippen molar-refractivity contribution in [2.45, 2.75) is 32.4 Å². The minimum atomic E-state index is 0.679. The van der Waals surface area contributed by atoms with Gasteiger partial charge >= 0.3 is 0 Å². The van der Waals surface area contributed by atoms with Gasteiger partial charge in [-0.15, -0.1) is 5.10 Å². The molecule has 3 aromatic heterocycles. The lowest BCUT2D eigenvalue weighted by molar-refractivity contribution is 0.301. The lowest BCUT2D eigenvalue weighted by atomic mass is 9.85. The van der Waals surface area contributed by atoms with E-state index in [1.54, 1.807) is 0 Å². The molecule has 0 radical (unpaired) electrons. The molecule has 0 atom stereocenters. The van der Waals surface area contributed by atoms with Crippen LogP contribution in [-0.2, 0) is 13.1 Å². The summed E-state index contributed by atoms with van der Waals surface area (Å²) >= 11 is 0. The Morgan fingerprint density at radius 3 is 2.87 bits per heavy atom. The second kappa shape index (κ2) is 8.51. The summed E-state index contributed by atoms with van der Waals surface area (Å²) in [6, 6.07) is 10.9. The van der Waals surface area contributed by atoms with Crippen LogP contribution in [-0.4, -0.2) is 45.6 Å². The second-order valence-electron chi connectivity index (χ2n) is 8.77. The third-order valence-electron chi connectivity index (χ3n) is 6.14. The smallest absolute Gasteiger partial charge is 0.114 e. The number of nitrogens with one attached hydrogen (secondary N) is 2. The maximum Gasteiger partial charge on any atom is 0.114 e. The Labute approximate surface area is 182 Å². The van der Waals surface area contributed by atoms with Crippen molar-refractivity contribution in [1.82, 2.24) is 30.3 Å². The molecule has 0 spiro atoms. The van der Waals surface area contributed by atoms with E-state index >= 15 is 0 Å². The minimum Gasteiger partial charge on any atom is -0.376 e. The van der Waals surface area contributed by atoms with Gasteiger partial charge in [-0.3, -0.25) is 4.98 Å². The molecule has 0 saturated heterocycles. The van der Waals surface area contributed by atoms with Gasteiger partial charge < -0.3 is 15.2 Å². The summed E-state index contributed by atoms with van der Waals surface area (Å²) in [5.74, 6) is 0.879. The summed E-state index contributed by atoms with van der Waals surface area (Å²) in [5, 5.41) is 13.5. The van der Waals surface area contributed by atoms with Gasteiger partial charge in [-0.05, 0) is 54.5 Å². The van der Waals surface area contributed by atoms with Crippen LogP contribution in [0.5, 0.6) is 0 Å². The van der Waals surface area contributed by atoms with Crippen molar-refractivity contribution in [3.8, 4) is 11.3 Å². The van der Waals surface area contributed by atoms with Gasteiger partial charge in [0.1, 0.15) is 5.69 Å². The molecule has 31 heavy (non-hydrogen) atoms. The van der Waals surface area contributed by atoms with Crippen molar-refractivity contribution < 1.29 is 0 Å². The zero-order valence-electron chi connectivity index (χ0n) is 18.2. The van der Waals surface area contributed by atoms with Crippen LogP contribution in [0, 0.1) is 5.92 Å². The summed E-state index contributed by atoms with van der Waals surface area (Å²) in [5.41, 5.74) is 6.44. The number of benzene rings is 1. The van der Waals surface area contributed by atoms with Crippen molar-refractivity contribution in [1.29, 1.82) is 0 Å². The second-order valence-corrected chi connectivity index (χ2v) is 8.77. The third kappa shape index (κ3) is 4.46. The molecule has 3 heterocycles. The zero-order chi connectivity index (χ0) is 21.2. The molecule has 7 nitrogen and oxygen atoms in total. The molecular weight excluding hydrogens is 386 g/mol. The van der Waals surface area contributed by atoms with Gasteiger partial charge in [-0.2, -0.15) is 0 Å². The standard InChI is InChI=1S/C24H29N7/c1-30(2)22-10-20(12-26-14-22)24-16-31(29-28-24)15-18-6-7-19-9-21(27-23(19)8-18)13-25-11-17-4-3-5-17/h6-10,12,14,16-17,25,27H,3-5,11,13,15H2,1-2H3. The van der Waals surface area contributed by atoms with E-state index in [0.29, 0.717) is 6.54 Å². The molecule has 160 valence electrons. The first kappa shape index (κ1) is 19.8. The van der Waals surface area contributed by atoms with E-state index in [9.17, 15) is 0 Å². The van der Waals surface area contributed by atoms with E-state index in [1.165, 1.54) is 41.4 Å². The van der Waals surface area contributed by atoms with Gasteiger partial charge in [0.2, 0.25) is 0 Å². The SMILES string of the molecule is CN(C)c1cncc(-c2cn(Cc3ccc4cc(CNCC5CCC5)[nH]c4c3)nn2)c1. The van der Waals surface area contributed by atoms with E-state index in [1.807, 2.05) is 42.3 Å². The van der Waals surface area contributed by atoms with Gasteiger partial charge in [-0.25, -0.2) is 4.68 Å². The Morgan fingerprint density at radius 1 is 1.16 bits per heavy atom. The van der Waals surface area contributed by atoms with E-state index in [0.717, 1.165) is 36.0 Å². The van der Waals surface area contributed by atoms with E-state index in [-0.39, 0.29) is 0 Å². The van der Waals surface area contributed by atoms with Crippen LogP contribution < -0.4 is 10.2 Å². The van der Waals surface area contributed by atoms with Crippen LogP contribution in [0.3, 0.4) is 0 Å². The molecule has 7 heteroatoms. The molecule has 0 amide bonds. The Bertz CT molecular complexity index is 1170. The molecule has 4 aromatic rings. The van der Waals surface area contributed by atoms with Crippen LogP contribution in [0.2, 0.25) is 0 Å². The van der Waals surface area contributed by atoms with Crippen molar-refractivity contribution in [3.05, 3.63) is 60.2 Å². The van der Waals surface area contributed by atoms with Crippen molar-refractivity contribution >= 4 is 16.6 Å². The number of pyridine rings is 1. The number of aromatic nitrogens is 5. The number of aromatic amines is 1. The zero-order valence-corrected chi connectivity index (χ0v) is 18.2. The van der Waals surface area contributed by atoms with Crippen molar-refractivity contribution in [2.75, 3.05) is 25.5 Å². The first-order valence-corrected chi connectivity index (χ1v) is 11.0. The number of H-pyrrole nitrogens is 1. The van der Waals surface area contributed by atoms with Crippen molar-refractivity contribution in [2.24, 2.45) is 5.92 Å². The van der Waals surface area contributed by atoms with Gasteiger partial charge in [-0.1, -0.05) is 23.8 Å². The Hall–Kier alpha value is -3.19. The van der Waals surface area contributed by atoms with Gasteiger partial charge in [0.15, 0.2) is 0 Å². The maximum atomic E-state index is 4.35. The molecular formula is C24H29N7. The molecule has 1 aromatic carbocycles. The average molecular weight is 416 g/mol. The number of anilines is 1. The Morgan fingerprint density at radius 2 is 2.06 bits per heavy atom. The lowest BCUT2D eigenvalue weighted by Gasteiger charge is -2.25. The molecule has 0 aliphatic heterocycles. The highest BCUT2D eigenvalue weighted by molar-refractivity contribution is 5.81. The number of rotatable bonds is 8. The normalized spacial score (nSPS) is 14.1. The predicted molar refractivity (Wildman–Crippen MR) is 124 cm³/mol. The number of hydrogen-bond donors (Lipinski definition) is 2. The molecule has 1 saturated carbocycles. The predicted octanol–water partition coefficient (Wildman–Crippen LogP) is 3.83. The minimum absolute atomic E-state index is 0.679. The van der Waals surface area contributed by atoms with Crippen LogP contribution in [0.4, 0.5) is 5.69 Å². The van der Waals surface area contributed by atoms with Gasteiger partial charge in [0.05, 0.1) is 24.6 Å². The molecule has 1 aliphatic carbocycles. The monoisotopic (exact) mass is 415 g/mol. The quantitative estimate of drug-likeness (QED) is 0.458. The van der Waals surface area contributed by atoms with Crippen LogP contribution in [0.15, 0.2) is 48.9 Å². The van der Waals surface area contributed by atoms with E-state index in [2.05, 4.69) is 55.9 Å². The molecule has 0 bridgehead atoms. The fourth-order valence-electron chi connectivity index (χ4n) is 4.04. The topological polar surface area (TPSA) is 74.7 Å². The molecule has 2 N–H and O–H groups in total. The highest BCUT2D eigenvalue weighted by Gasteiger charge is 2.16.